The molecular weight excluding hydrogens is 474 g/mol. The quantitative estimate of drug-likeness (QED) is 0.289. The maximum absolute atomic E-state index is 13.4. The van der Waals surface area contributed by atoms with E-state index in [4.69, 9.17) is 4.74 Å². The summed E-state index contributed by atoms with van der Waals surface area (Å²) in [7, 11) is 1.92. The van der Waals surface area contributed by atoms with Gasteiger partial charge in [0.05, 0.1) is 5.60 Å². The Morgan fingerprint density at radius 1 is 1.11 bits per heavy atom. The van der Waals surface area contributed by atoms with Crippen LogP contribution in [0, 0.1) is 17.8 Å². The highest BCUT2D eigenvalue weighted by Gasteiger charge is 2.43. The molecular formula is C32H47N3O3. The number of likely N-dealkylation sites (N-methyl/N-ethyl adjacent to an activating group) is 1. The monoisotopic (exact) mass is 521 g/mol. The van der Waals surface area contributed by atoms with Crippen LogP contribution in [0.5, 0.6) is 11.5 Å². The molecule has 3 atom stereocenters. The number of rotatable bonds is 13. The molecule has 2 aromatic carbocycles. The summed E-state index contributed by atoms with van der Waals surface area (Å²) in [4.78, 5) is 15.3. The van der Waals surface area contributed by atoms with Crippen LogP contribution in [0.25, 0.3) is 0 Å². The molecule has 0 bridgehead atoms. The molecule has 4 rings (SSSR count). The number of ether oxygens (including phenoxy) is 1. The van der Waals surface area contributed by atoms with Crippen molar-refractivity contribution in [1.29, 1.82) is 0 Å². The minimum absolute atomic E-state index is 0.0234. The summed E-state index contributed by atoms with van der Waals surface area (Å²) in [5.41, 5.74) is -0.235. The van der Waals surface area contributed by atoms with Crippen molar-refractivity contribution >= 4 is 6.03 Å². The summed E-state index contributed by atoms with van der Waals surface area (Å²) in [5.74, 6) is 2.70. The van der Waals surface area contributed by atoms with E-state index in [0.29, 0.717) is 24.6 Å². The van der Waals surface area contributed by atoms with E-state index in [1.807, 2.05) is 66.5 Å². The van der Waals surface area contributed by atoms with Crippen LogP contribution in [0.1, 0.15) is 70.8 Å². The van der Waals surface area contributed by atoms with E-state index in [9.17, 15) is 9.90 Å². The third kappa shape index (κ3) is 7.73. The number of urea groups is 1. The number of aliphatic hydroxyl groups is 1. The second kappa shape index (κ2) is 13.5. The normalized spacial score (nSPS) is 20.1. The van der Waals surface area contributed by atoms with Gasteiger partial charge in [-0.05, 0) is 69.2 Å². The number of likely N-dealkylation sites (tertiary alicyclic amines) is 1. The number of piperidine rings is 1. The van der Waals surface area contributed by atoms with Gasteiger partial charge in [0.25, 0.3) is 0 Å². The molecule has 1 heterocycles. The lowest BCUT2D eigenvalue weighted by atomic mass is 9.73. The predicted octanol–water partition coefficient (Wildman–Crippen LogP) is 6.30. The van der Waals surface area contributed by atoms with Crippen molar-refractivity contribution in [3.63, 3.8) is 0 Å². The van der Waals surface area contributed by atoms with Crippen LogP contribution in [0.2, 0.25) is 0 Å². The van der Waals surface area contributed by atoms with Gasteiger partial charge in [0.2, 0.25) is 0 Å². The van der Waals surface area contributed by atoms with Crippen LogP contribution in [0.15, 0.2) is 54.6 Å². The maximum Gasteiger partial charge on any atom is 0.317 e. The standard InChI is InChI=1S/C32H47N3O3/c1-24(2)21-27(22-33-3)34-31(36)35-20-10-12-26(23-35)32(37,19-9-11-25-17-18-25)29-15-7-8-16-30(29)38-28-13-5-4-6-14-28/h4-8,13-16,24-27,33,37H,9-12,17-23H2,1-3H3,(H,34,36)/t26-,27?,32+/m1/s1. The molecule has 1 saturated carbocycles. The van der Waals surface area contributed by atoms with Crippen molar-refractivity contribution in [3.05, 3.63) is 60.2 Å². The number of nitrogens with zero attached hydrogens (tertiary/aromatic N) is 1. The fourth-order valence-corrected chi connectivity index (χ4v) is 5.98. The minimum Gasteiger partial charge on any atom is -0.457 e. The average molecular weight is 522 g/mol. The first-order chi connectivity index (χ1) is 18.4. The van der Waals surface area contributed by atoms with E-state index in [1.165, 1.54) is 12.8 Å². The van der Waals surface area contributed by atoms with Gasteiger partial charge in [-0.25, -0.2) is 4.79 Å². The average Bonchev–Trinajstić information content (AvgIpc) is 3.74. The Bertz CT molecular complexity index is 1010. The van der Waals surface area contributed by atoms with Crippen LogP contribution in [-0.4, -0.2) is 48.8 Å². The highest BCUT2D eigenvalue weighted by atomic mass is 16.5. The number of para-hydroxylation sites is 2. The van der Waals surface area contributed by atoms with Gasteiger partial charge in [0.1, 0.15) is 11.5 Å². The fourth-order valence-electron chi connectivity index (χ4n) is 5.98. The zero-order valence-electron chi connectivity index (χ0n) is 23.5. The molecule has 6 heteroatoms. The van der Waals surface area contributed by atoms with Crippen molar-refractivity contribution in [3.8, 4) is 11.5 Å². The summed E-state index contributed by atoms with van der Waals surface area (Å²) >= 11 is 0. The fraction of sp³-hybridized carbons (Fsp3) is 0.594. The van der Waals surface area contributed by atoms with E-state index in [-0.39, 0.29) is 18.0 Å². The molecule has 6 nitrogen and oxygen atoms in total. The topological polar surface area (TPSA) is 73.8 Å². The molecule has 1 saturated heterocycles. The van der Waals surface area contributed by atoms with Crippen LogP contribution in [0.3, 0.4) is 0 Å². The maximum atomic E-state index is 13.4. The molecule has 2 aliphatic rings. The lowest BCUT2D eigenvalue weighted by molar-refractivity contribution is -0.0570. The summed E-state index contributed by atoms with van der Waals surface area (Å²) in [6.07, 6.45) is 8.12. The Kier molecular flexibility index (Phi) is 10.1. The first-order valence-electron chi connectivity index (χ1n) is 14.6. The molecule has 1 aliphatic heterocycles. The van der Waals surface area contributed by atoms with Gasteiger partial charge >= 0.3 is 6.03 Å². The second-order valence-electron chi connectivity index (χ2n) is 11.8. The number of nitrogens with one attached hydrogen (secondary N) is 2. The van der Waals surface area contributed by atoms with Gasteiger partial charge in [-0.15, -0.1) is 0 Å². The van der Waals surface area contributed by atoms with Crippen LogP contribution in [-0.2, 0) is 5.60 Å². The Morgan fingerprint density at radius 2 is 1.84 bits per heavy atom. The van der Waals surface area contributed by atoms with Crippen molar-refractivity contribution in [2.75, 3.05) is 26.7 Å². The number of hydrogen-bond acceptors (Lipinski definition) is 4. The van der Waals surface area contributed by atoms with Gasteiger partial charge in [0, 0.05) is 37.2 Å². The van der Waals surface area contributed by atoms with Gasteiger partial charge < -0.3 is 25.4 Å². The summed E-state index contributed by atoms with van der Waals surface area (Å²) < 4.78 is 6.32. The van der Waals surface area contributed by atoms with Crippen LogP contribution < -0.4 is 15.4 Å². The first kappa shape index (κ1) is 28.4. The number of benzene rings is 2. The van der Waals surface area contributed by atoms with Gasteiger partial charge in [-0.2, -0.15) is 0 Å². The predicted molar refractivity (Wildman–Crippen MR) is 153 cm³/mol. The highest BCUT2D eigenvalue weighted by Crippen LogP contribution is 2.45. The third-order valence-corrected chi connectivity index (χ3v) is 8.11. The Labute approximate surface area is 229 Å². The smallest absolute Gasteiger partial charge is 0.317 e. The largest absolute Gasteiger partial charge is 0.457 e. The molecule has 2 aromatic rings. The van der Waals surface area contributed by atoms with Gasteiger partial charge in [-0.3, -0.25) is 0 Å². The molecule has 208 valence electrons. The summed E-state index contributed by atoms with van der Waals surface area (Å²) in [5, 5.41) is 19.0. The highest BCUT2D eigenvalue weighted by molar-refractivity contribution is 5.74. The second-order valence-corrected chi connectivity index (χ2v) is 11.8. The van der Waals surface area contributed by atoms with Crippen molar-refractivity contribution in [1.82, 2.24) is 15.5 Å². The van der Waals surface area contributed by atoms with E-state index < -0.39 is 5.60 Å². The lowest BCUT2D eigenvalue weighted by Crippen LogP contribution is -2.54. The van der Waals surface area contributed by atoms with Crippen LogP contribution in [0.4, 0.5) is 4.79 Å². The molecule has 38 heavy (non-hydrogen) atoms. The third-order valence-electron chi connectivity index (χ3n) is 8.11. The van der Waals surface area contributed by atoms with E-state index >= 15 is 0 Å². The van der Waals surface area contributed by atoms with E-state index in [0.717, 1.165) is 62.4 Å². The number of carbonyl (C=O) groups excluding carboxylic acids is 1. The molecule has 3 N–H and O–H groups in total. The Hall–Kier alpha value is -2.57. The molecule has 1 unspecified atom stereocenters. The molecule has 0 spiro atoms. The first-order valence-corrected chi connectivity index (χ1v) is 14.6. The molecule has 1 aliphatic carbocycles. The Balaban J connectivity index is 1.55. The van der Waals surface area contributed by atoms with Crippen molar-refractivity contribution in [2.45, 2.75) is 76.9 Å². The molecule has 2 amide bonds. The van der Waals surface area contributed by atoms with Crippen molar-refractivity contribution in [2.24, 2.45) is 17.8 Å². The zero-order chi connectivity index (χ0) is 27.0. The molecule has 2 fully saturated rings. The zero-order valence-corrected chi connectivity index (χ0v) is 23.5. The summed E-state index contributed by atoms with van der Waals surface area (Å²) in [6.45, 7) is 6.37. The molecule has 0 radical (unpaired) electrons. The number of amides is 2. The van der Waals surface area contributed by atoms with E-state index in [2.05, 4.69) is 24.5 Å². The van der Waals surface area contributed by atoms with Gasteiger partial charge in [-0.1, -0.05) is 69.5 Å². The summed E-state index contributed by atoms with van der Waals surface area (Å²) in [6, 6.07) is 17.7. The number of carbonyl (C=O) groups is 1. The number of hydrogen-bond donors (Lipinski definition) is 3. The lowest BCUT2D eigenvalue weighted by Gasteiger charge is -2.43. The van der Waals surface area contributed by atoms with Crippen LogP contribution >= 0.6 is 0 Å². The minimum atomic E-state index is -1.07. The van der Waals surface area contributed by atoms with E-state index in [1.54, 1.807) is 0 Å². The SMILES string of the molecule is CNCC(CC(C)C)NC(=O)N1CCC[C@@H]([C@@](O)(CCCC2CC2)c2ccccc2Oc2ccccc2)C1. The Morgan fingerprint density at radius 3 is 2.55 bits per heavy atom. The van der Waals surface area contributed by atoms with Gasteiger partial charge in [0.15, 0.2) is 0 Å². The molecule has 0 aromatic heterocycles. The van der Waals surface area contributed by atoms with Crippen molar-refractivity contribution < 1.29 is 14.6 Å².